The van der Waals surface area contributed by atoms with E-state index in [1.165, 1.54) is 19.2 Å². The number of para-hydroxylation sites is 2. The van der Waals surface area contributed by atoms with Gasteiger partial charge in [0, 0.05) is 12.1 Å². The van der Waals surface area contributed by atoms with Crippen LogP contribution in [0.4, 0.5) is 23.3 Å². The van der Waals surface area contributed by atoms with Crippen molar-refractivity contribution in [2.75, 3.05) is 18.2 Å². The zero-order valence-corrected chi connectivity index (χ0v) is 16.1. The van der Waals surface area contributed by atoms with Crippen molar-refractivity contribution >= 4 is 35.1 Å². The number of non-ortho nitro benzene ring substituents is 1. The number of rotatable bonds is 6. The Labute approximate surface area is 174 Å². The molecule has 0 aliphatic carbocycles. The van der Waals surface area contributed by atoms with Gasteiger partial charge in [-0.2, -0.15) is 15.0 Å². The Hall–Kier alpha value is -4.61. The second-order valence-corrected chi connectivity index (χ2v) is 6.44. The van der Waals surface area contributed by atoms with E-state index in [0.717, 1.165) is 11.0 Å². The van der Waals surface area contributed by atoms with E-state index in [4.69, 9.17) is 10.5 Å². The summed E-state index contributed by atoms with van der Waals surface area (Å²) in [5, 5.41) is 13.9. The van der Waals surface area contributed by atoms with E-state index >= 15 is 0 Å². The van der Waals surface area contributed by atoms with Gasteiger partial charge in [0.1, 0.15) is 5.75 Å². The largest absolute Gasteiger partial charge is 0.495 e. The molecule has 1 aliphatic rings. The summed E-state index contributed by atoms with van der Waals surface area (Å²) >= 11 is 0. The van der Waals surface area contributed by atoms with Crippen LogP contribution in [0.1, 0.15) is 26.5 Å². The van der Waals surface area contributed by atoms with Crippen LogP contribution in [0.3, 0.4) is 0 Å². The number of nitrogens with zero attached hydrogens (tertiary/aromatic N) is 5. The minimum absolute atomic E-state index is 0.0476. The highest BCUT2D eigenvalue weighted by atomic mass is 16.6. The summed E-state index contributed by atoms with van der Waals surface area (Å²) < 4.78 is 5.27. The topological polar surface area (TPSA) is 166 Å². The fourth-order valence-electron chi connectivity index (χ4n) is 3.11. The molecule has 12 nitrogen and oxygen atoms in total. The second kappa shape index (κ2) is 7.67. The maximum atomic E-state index is 12.7. The molecule has 0 saturated heterocycles. The van der Waals surface area contributed by atoms with Gasteiger partial charge in [-0.05, 0) is 18.2 Å². The van der Waals surface area contributed by atoms with Crippen LogP contribution in [-0.4, -0.2) is 43.7 Å². The van der Waals surface area contributed by atoms with Crippen LogP contribution < -0.4 is 15.8 Å². The third kappa shape index (κ3) is 3.69. The van der Waals surface area contributed by atoms with Crippen molar-refractivity contribution in [1.82, 2.24) is 19.9 Å². The number of aromatic nitrogens is 3. The lowest BCUT2D eigenvalue weighted by molar-refractivity contribution is -0.384. The number of nitrogens with one attached hydrogen (secondary N) is 1. The highest BCUT2D eigenvalue weighted by molar-refractivity contribution is 6.21. The van der Waals surface area contributed by atoms with Gasteiger partial charge in [0.05, 0.1) is 35.4 Å². The lowest BCUT2D eigenvalue weighted by Gasteiger charge is -2.14. The van der Waals surface area contributed by atoms with Crippen LogP contribution in [0.15, 0.2) is 42.5 Å². The van der Waals surface area contributed by atoms with Crippen LogP contribution >= 0.6 is 0 Å². The average Bonchev–Trinajstić information content (AvgIpc) is 2.98. The second-order valence-electron chi connectivity index (χ2n) is 6.44. The van der Waals surface area contributed by atoms with E-state index < -0.39 is 16.7 Å². The molecule has 3 aromatic rings. The summed E-state index contributed by atoms with van der Waals surface area (Å²) in [7, 11) is 1.51. The first kappa shape index (κ1) is 19.7. The van der Waals surface area contributed by atoms with E-state index in [-0.39, 0.29) is 41.1 Å². The fraction of sp³-hybridized carbons (Fsp3) is 0.105. The molecule has 4 rings (SSSR count). The molecule has 2 aromatic carbocycles. The normalized spacial score (nSPS) is 12.6. The molecular weight excluding hydrogens is 406 g/mol. The number of nitro groups is 1. The molecule has 31 heavy (non-hydrogen) atoms. The van der Waals surface area contributed by atoms with Crippen LogP contribution in [0, 0.1) is 10.1 Å². The molecule has 0 spiro atoms. The maximum absolute atomic E-state index is 12.7. The molecule has 156 valence electrons. The van der Waals surface area contributed by atoms with Crippen LogP contribution in [-0.2, 0) is 6.54 Å². The van der Waals surface area contributed by atoms with Gasteiger partial charge in [0.2, 0.25) is 11.9 Å². The van der Waals surface area contributed by atoms with Gasteiger partial charge in [0.15, 0.2) is 5.82 Å². The Morgan fingerprint density at radius 3 is 2.58 bits per heavy atom. The molecule has 0 fully saturated rings. The van der Waals surface area contributed by atoms with Crippen molar-refractivity contribution in [3.8, 4) is 5.75 Å². The SMILES string of the molecule is COc1ccccc1Nc1nc(N)nc(CN2C(=O)c3ccc([N+](=O)[O-])cc3C2=O)n1. The minimum atomic E-state index is -0.679. The molecule has 0 saturated carbocycles. The molecule has 1 aliphatic heterocycles. The summed E-state index contributed by atoms with van der Waals surface area (Å²) in [6.45, 7) is -0.284. The smallest absolute Gasteiger partial charge is 0.270 e. The number of ether oxygens (including phenoxy) is 1. The number of hydrogen-bond acceptors (Lipinski definition) is 10. The van der Waals surface area contributed by atoms with Gasteiger partial charge in [-0.1, -0.05) is 12.1 Å². The first-order chi connectivity index (χ1) is 14.9. The molecule has 0 bridgehead atoms. The van der Waals surface area contributed by atoms with Crippen LogP contribution in [0.5, 0.6) is 5.75 Å². The number of anilines is 3. The third-order valence-electron chi connectivity index (χ3n) is 4.52. The van der Waals surface area contributed by atoms with Crippen molar-refractivity contribution < 1.29 is 19.2 Å². The fourth-order valence-corrected chi connectivity index (χ4v) is 3.11. The number of methoxy groups -OCH3 is 1. The quantitative estimate of drug-likeness (QED) is 0.341. The van der Waals surface area contributed by atoms with Gasteiger partial charge in [-0.15, -0.1) is 0 Å². The molecule has 2 amide bonds. The summed E-state index contributed by atoms with van der Waals surface area (Å²) in [5.41, 5.74) is 6.09. The summed E-state index contributed by atoms with van der Waals surface area (Å²) in [4.78, 5) is 48.8. The number of amides is 2. The van der Waals surface area contributed by atoms with E-state index in [0.29, 0.717) is 11.4 Å². The van der Waals surface area contributed by atoms with Crippen LogP contribution in [0.25, 0.3) is 0 Å². The van der Waals surface area contributed by atoms with Gasteiger partial charge in [-0.3, -0.25) is 24.6 Å². The number of nitrogen functional groups attached to an aromatic ring is 1. The average molecular weight is 421 g/mol. The minimum Gasteiger partial charge on any atom is -0.495 e. The summed E-state index contributed by atoms with van der Waals surface area (Å²) in [6, 6.07) is 10.6. The highest BCUT2D eigenvalue weighted by Gasteiger charge is 2.37. The number of carbonyl (C=O) groups excluding carboxylic acids is 2. The summed E-state index contributed by atoms with van der Waals surface area (Å²) in [6.07, 6.45) is 0. The van der Waals surface area contributed by atoms with Gasteiger partial charge in [-0.25, -0.2) is 0 Å². The Balaban J connectivity index is 1.60. The number of benzene rings is 2. The number of imide groups is 1. The van der Waals surface area contributed by atoms with Crippen molar-refractivity contribution in [3.63, 3.8) is 0 Å². The highest BCUT2D eigenvalue weighted by Crippen LogP contribution is 2.28. The number of hydrogen-bond donors (Lipinski definition) is 2. The van der Waals surface area contributed by atoms with E-state index in [1.807, 2.05) is 0 Å². The molecule has 1 aromatic heterocycles. The third-order valence-corrected chi connectivity index (χ3v) is 4.52. The summed E-state index contributed by atoms with van der Waals surface area (Å²) in [5.74, 6) is -0.692. The number of fused-ring (bicyclic) bond motifs is 1. The lowest BCUT2D eigenvalue weighted by Crippen LogP contribution is -2.30. The maximum Gasteiger partial charge on any atom is 0.270 e. The van der Waals surface area contributed by atoms with Crippen LogP contribution in [0.2, 0.25) is 0 Å². The zero-order chi connectivity index (χ0) is 22.1. The molecule has 2 heterocycles. The van der Waals surface area contributed by atoms with E-state index in [2.05, 4.69) is 20.3 Å². The van der Waals surface area contributed by atoms with E-state index in [9.17, 15) is 19.7 Å². The van der Waals surface area contributed by atoms with Crippen molar-refractivity contribution in [1.29, 1.82) is 0 Å². The molecule has 0 atom stereocenters. The number of carbonyl (C=O) groups is 2. The first-order valence-electron chi connectivity index (χ1n) is 8.92. The van der Waals surface area contributed by atoms with Gasteiger partial charge < -0.3 is 15.8 Å². The van der Waals surface area contributed by atoms with Crippen molar-refractivity contribution in [3.05, 3.63) is 69.5 Å². The zero-order valence-electron chi connectivity index (χ0n) is 16.1. The molecule has 3 N–H and O–H groups in total. The van der Waals surface area contributed by atoms with Gasteiger partial charge >= 0.3 is 0 Å². The monoisotopic (exact) mass is 421 g/mol. The molecule has 0 radical (unpaired) electrons. The number of nitrogens with two attached hydrogens (primary N) is 1. The standard InChI is InChI=1S/C19H15N7O5/c1-31-14-5-3-2-4-13(14)21-19-23-15(22-18(20)24-19)9-25-16(27)11-7-6-10(26(29)30)8-12(11)17(25)28/h2-8H,9H2,1H3,(H3,20,21,22,23,24). The van der Waals surface area contributed by atoms with Crippen molar-refractivity contribution in [2.24, 2.45) is 0 Å². The predicted octanol–water partition coefficient (Wildman–Crippen LogP) is 1.91. The lowest BCUT2D eigenvalue weighted by atomic mass is 10.1. The Bertz CT molecular complexity index is 1230. The Morgan fingerprint density at radius 1 is 1.10 bits per heavy atom. The van der Waals surface area contributed by atoms with Crippen molar-refractivity contribution in [2.45, 2.75) is 6.54 Å². The van der Waals surface area contributed by atoms with E-state index in [1.54, 1.807) is 24.3 Å². The van der Waals surface area contributed by atoms with Gasteiger partial charge in [0.25, 0.3) is 17.5 Å². The predicted molar refractivity (Wildman–Crippen MR) is 108 cm³/mol. The molecule has 12 heteroatoms. The first-order valence-corrected chi connectivity index (χ1v) is 8.92. The number of nitro benzene ring substituents is 1. The Kier molecular flexibility index (Phi) is 4.87. The molecular formula is C19H15N7O5. The molecule has 0 unspecified atom stereocenters. The Morgan fingerprint density at radius 2 is 1.84 bits per heavy atom.